The fraction of sp³-hybridized carbons (Fsp3) is 0.500. The normalized spacial score (nSPS) is 22.1. The number of thioether (sulfide) groups is 1. The summed E-state index contributed by atoms with van der Waals surface area (Å²) in [6.07, 6.45) is -8.37. The van der Waals surface area contributed by atoms with E-state index in [-0.39, 0.29) is 5.58 Å². The number of esters is 6. The first-order chi connectivity index (χ1) is 21.5. The fourth-order valence-electron chi connectivity index (χ4n) is 4.95. The van der Waals surface area contributed by atoms with Gasteiger partial charge in [0.15, 0.2) is 18.3 Å². The molecule has 0 aliphatic carbocycles. The molecule has 1 fully saturated rings. The van der Waals surface area contributed by atoms with Crippen molar-refractivity contribution in [3.8, 4) is 0 Å². The summed E-state index contributed by atoms with van der Waals surface area (Å²) in [6.45, 7) is 6.40. The van der Waals surface area contributed by atoms with Crippen molar-refractivity contribution < 1.29 is 66.3 Å². The van der Waals surface area contributed by atoms with E-state index in [0.717, 1.165) is 53.5 Å². The first kappa shape index (κ1) is 36.0. The summed E-state index contributed by atoms with van der Waals surface area (Å²) in [5, 5.41) is 0.621. The molecular weight excluding hydrogens is 632 g/mol. The zero-order valence-corrected chi connectivity index (χ0v) is 27.0. The van der Waals surface area contributed by atoms with Gasteiger partial charge in [0.25, 0.3) is 0 Å². The maximum atomic E-state index is 13.6. The second-order valence-electron chi connectivity index (χ2n) is 10.3. The van der Waals surface area contributed by atoms with E-state index in [9.17, 15) is 33.6 Å². The highest BCUT2D eigenvalue weighted by atomic mass is 32.2. The summed E-state index contributed by atoms with van der Waals surface area (Å²) in [6, 6.07) is 6.09. The van der Waals surface area contributed by atoms with Crippen molar-refractivity contribution in [3.63, 3.8) is 0 Å². The van der Waals surface area contributed by atoms with Gasteiger partial charge in [-0.15, -0.1) is 0 Å². The van der Waals surface area contributed by atoms with Crippen molar-refractivity contribution in [2.75, 3.05) is 13.7 Å². The molecule has 0 saturated carbocycles. The first-order valence-electron chi connectivity index (χ1n) is 13.9. The van der Waals surface area contributed by atoms with Gasteiger partial charge < -0.3 is 37.6 Å². The van der Waals surface area contributed by atoms with Gasteiger partial charge in [-0.05, 0) is 30.7 Å². The number of hydrogen-bond acceptors (Lipinski definition) is 16. The van der Waals surface area contributed by atoms with Crippen LogP contribution in [-0.2, 0) is 61.9 Å². The first-order valence-corrected chi connectivity index (χ1v) is 14.7. The van der Waals surface area contributed by atoms with E-state index in [2.05, 4.69) is 0 Å². The SMILES string of the molecule is COC(=O)[C@@]1(Sc2ccc3c(C)cc(=O)oc3c2)C[C@H](OC(C)=O)[C@@H](OC(C)=O)[C@H]([C@H](OC(C)=O)[C@@H](COC(C)=O)OC(C)=O)O1. The Balaban J connectivity index is 2.25. The Hall–Kier alpha value is -4.44. The van der Waals surface area contributed by atoms with Crippen molar-refractivity contribution in [2.45, 2.75) is 88.3 Å². The molecule has 16 heteroatoms. The topological polar surface area (TPSA) is 197 Å². The molecule has 0 N–H and O–H groups in total. The molecule has 1 aliphatic heterocycles. The summed E-state index contributed by atoms with van der Waals surface area (Å²) in [7, 11) is 1.08. The lowest BCUT2D eigenvalue weighted by Crippen LogP contribution is -2.64. The number of carbonyl (C=O) groups excluding carboxylic acids is 6. The minimum atomic E-state index is -2.10. The second-order valence-corrected chi connectivity index (χ2v) is 11.6. The maximum Gasteiger partial charge on any atom is 0.349 e. The quantitative estimate of drug-likeness (QED) is 0.192. The number of methoxy groups -OCH3 is 1. The van der Waals surface area contributed by atoms with Gasteiger partial charge in [0, 0.05) is 57.4 Å². The summed E-state index contributed by atoms with van der Waals surface area (Å²) in [4.78, 5) is 84.7. The molecule has 15 nitrogen and oxygen atoms in total. The Morgan fingerprint density at radius 2 is 1.57 bits per heavy atom. The standard InChI is InChI=1S/C30H34O15S/c1-14-10-25(36)44-22-11-20(8-9-21(14)22)46-30(29(37)38-7)12-23(40-16(3)32)26(42-18(5)34)28(45-30)27(43-19(6)35)24(41-17(4)33)13-39-15(2)31/h8-11,23-24,26-28H,12-13H2,1-7H3/t23-,24+,26+,27+,28+,30-/m0/s1. The van der Waals surface area contributed by atoms with Gasteiger partial charge in [-0.1, -0.05) is 11.8 Å². The van der Waals surface area contributed by atoms with Gasteiger partial charge in [-0.2, -0.15) is 0 Å². The average Bonchev–Trinajstić information content (AvgIpc) is 2.93. The Kier molecular flexibility index (Phi) is 11.9. The molecule has 3 rings (SSSR count). The summed E-state index contributed by atoms with van der Waals surface area (Å²) < 4.78 is 43.8. The Morgan fingerprint density at radius 1 is 0.913 bits per heavy atom. The summed E-state index contributed by atoms with van der Waals surface area (Å²) in [5.41, 5.74) is 0.245. The zero-order valence-electron chi connectivity index (χ0n) is 26.1. The van der Waals surface area contributed by atoms with Crippen LogP contribution < -0.4 is 5.63 Å². The van der Waals surface area contributed by atoms with E-state index in [1.54, 1.807) is 19.1 Å². The predicted octanol–water partition coefficient (Wildman–Crippen LogP) is 2.14. The largest absolute Gasteiger partial charge is 0.466 e. The van der Waals surface area contributed by atoms with E-state index in [1.807, 2.05) is 0 Å². The van der Waals surface area contributed by atoms with Crippen LogP contribution in [0.15, 0.2) is 38.4 Å². The zero-order chi connectivity index (χ0) is 34.3. The van der Waals surface area contributed by atoms with Crippen LogP contribution in [0.1, 0.15) is 46.6 Å². The summed E-state index contributed by atoms with van der Waals surface area (Å²) in [5.74, 6) is -5.23. The molecule has 1 saturated heterocycles. The van der Waals surface area contributed by atoms with Gasteiger partial charge in [0.1, 0.15) is 24.4 Å². The third-order valence-corrected chi connectivity index (χ3v) is 7.82. The molecule has 0 bridgehead atoms. The fourth-order valence-corrected chi connectivity index (χ4v) is 6.20. The molecule has 46 heavy (non-hydrogen) atoms. The Labute approximate surface area is 267 Å². The van der Waals surface area contributed by atoms with Crippen LogP contribution in [0.3, 0.4) is 0 Å². The van der Waals surface area contributed by atoms with Gasteiger partial charge in [0.2, 0.25) is 4.93 Å². The smallest absolute Gasteiger partial charge is 0.349 e. The van der Waals surface area contributed by atoms with Gasteiger partial charge in [-0.3, -0.25) is 24.0 Å². The highest BCUT2D eigenvalue weighted by molar-refractivity contribution is 8.01. The second kappa shape index (κ2) is 15.2. The average molecular weight is 667 g/mol. The van der Waals surface area contributed by atoms with Crippen molar-refractivity contribution in [1.82, 2.24) is 0 Å². The van der Waals surface area contributed by atoms with Gasteiger partial charge in [-0.25, -0.2) is 9.59 Å². The van der Waals surface area contributed by atoms with Crippen LogP contribution in [0.5, 0.6) is 0 Å². The van der Waals surface area contributed by atoms with Crippen LogP contribution >= 0.6 is 11.8 Å². The Bertz CT molecular complexity index is 1570. The number of fused-ring (bicyclic) bond motifs is 1. The number of hydrogen-bond donors (Lipinski definition) is 0. The minimum absolute atomic E-state index is 0.200. The molecule has 1 aromatic carbocycles. The van der Waals surface area contributed by atoms with Gasteiger partial charge >= 0.3 is 41.4 Å². The molecular formula is C30H34O15S. The van der Waals surface area contributed by atoms with Crippen molar-refractivity contribution in [1.29, 1.82) is 0 Å². The highest BCUT2D eigenvalue weighted by Gasteiger charge is 2.60. The van der Waals surface area contributed by atoms with E-state index in [4.69, 9.17) is 37.6 Å². The van der Waals surface area contributed by atoms with Crippen LogP contribution in [0.4, 0.5) is 0 Å². The molecule has 2 heterocycles. The van der Waals surface area contributed by atoms with Crippen LogP contribution in [0.2, 0.25) is 0 Å². The van der Waals surface area contributed by atoms with E-state index in [0.29, 0.717) is 15.8 Å². The Morgan fingerprint density at radius 3 is 2.13 bits per heavy atom. The lowest BCUT2D eigenvalue weighted by Gasteiger charge is -2.47. The molecule has 1 aliphatic rings. The van der Waals surface area contributed by atoms with E-state index >= 15 is 0 Å². The monoisotopic (exact) mass is 666 g/mol. The molecule has 1 aromatic heterocycles. The third kappa shape index (κ3) is 9.06. The molecule has 0 amide bonds. The molecule has 2 aromatic rings. The molecule has 0 unspecified atom stereocenters. The highest BCUT2D eigenvalue weighted by Crippen LogP contribution is 2.47. The third-order valence-electron chi connectivity index (χ3n) is 6.57. The van der Waals surface area contributed by atoms with Crippen LogP contribution in [0.25, 0.3) is 11.0 Å². The van der Waals surface area contributed by atoms with E-state index in [1.165, 1.54) is 12.1 Å². The van der Waals surface area contributed by atoms with Gasteiger partial charge in [0.05, 0.1) is 7.11 Å². The molecule has 0 radical (unpaired) electrons. The predicted molar refractivity (Wildman–Crippen MR) is 156 cm³/mol. The number of aryl methyl sites for hydroxylation is 1. The van der Waals surface area contributed by atoms with Crippen LogP contribution in [-0.4, -0.2) is 85.0 Å². The lowest BCUT2D eigenvalue weighted by atomic mass is 9.91. The van der Waals surface area contributed by atoms with E-state index < -0.39 is 89.9 Å². The molecule has 0 spiro atoms. The number of benzene rings is 1. The number of ether oxygens (including phenoxy) is 7. The number of carbonyl (C=O) groups is 6. The van der Waals surface area contributed by atoms with Crippen molar-refractivity contribution >= 4 is 58.5 Å². The summed E-state index contributed by atoms with van der Waals surface area (Å²) >= 11 is 0.783. The van der Waals surface area contributed by atoms with Crippen molar-refractivity contribution in [3.05, 3.63) is 40.2 Å². The molecule has 250 valence electrons. The van der Waals surface area contributed by atoms with Crippen molar-refractivity contribution in [2.24, 2.45) is 0 Å². The number of rotatable bonds is 11. The minimum Gasteiger partial charge on any atom is -0.466 e. The molecule has 6 atom stereocenters. The lowest BCUT2D eigenvalue weighted by molar-refractivity contribution is -0.249. The maximum absolute atomic E-state index is 13.6. The van der Waals surface area contributed by atoms with Crippen LogP contribution in [0, 0.1) is 6.92 Å².